The van der Waals surface area contributed by atoms with Crippen molar-refractivity contribution in [2.75, 3.05) is 24.4 Å². The Balaban J connectivity index is 1.85. The zero-order valence-corrected chi connectivity index (χ0v) is 18.3. The number of aromatic nitrogens is 2. The maximum atomic E-state index is 12.9. The highest BCUT2D eigenvalue weighted by molar-refractivity contribution is 6.11. The molecule has 2 heterocycles. The van der Waals surface area contributed by atoms with E-state index in [4.69, 9.17) is 4.74 Å². The average molecular weight is 437 g/mol. The number of aliphatic hydroxyl groups excluding tert-OH is 1. The van der Waals surface area contributed by atoms with Crippen molar-refractivity contribution >= 4 is 34.3 Å². The van der Waals surface area contributed by atoms with Crippen LogP contribution in [-0.4, -0.2) is 46.3 Å². The van der Waals surface area contributed by atoms with Gasteiger partial charge >= 0.3 is 5.97 Å². The summed E-state index contributed by atoms with van der Waals surface area (Å²) in [4.78, 5) is 30.2. The van der Waals surface area contributed by atoms with Gasteiger partial charge in [0.15, 0.2) is 5.69 Å². The molecule has 0 aliphatic heterocycles. The molecule has 4 rings (SSSR count). The molecule has 0 bridgehead atoms. The molecule has 0 saturated heterocycles. The summed E-state index contributed by atoms with van der Waals surface area (Å²) in [7, 11) is 1.33. The number of amides is 1. The van der Waals surface area contributed by atoms with Gasteiger partial charge in [0.2, 0.25) is 5.91 Å². The first kappa shape index (κ1) is 21.8. The van der Waals surface area contributed by atoms with Crippen molar-refractivity contribution < 1.29 is 19.4 Å². The molecule has 0 unspecified atom stereocenters. The third-order valence-electron chi connectivity index (χ3n) is 5.63. The van der Waals surface area contributed by atoms with Gasteiger partial charge in [0.25, 0.3) is 0 Å². The molecule has 3 N–H and O–H groups in total. The minimum Gasteiger partial charge on any atom is -0.464 e. The van der Waals surface area contributed by atoms with Crippen LogP contribution >= 0.6 is 0 Å². The molecule has 1 aromatic carbocycles. The lowest BCUT2D eigenvalue weighted by atomic mass is 10.2. The van der Waals surface area contributed by atoms with E-state index in [9.17, 15) is 14.7 Å². The third-order valence-corrected chi connectivity index (χ3v) is 5.63. The molecule has 1 amide bonds. The fourth-order valence-corrected chi connectivity index (χ4v) is 3.78. The van der Waals surface area contributed by atoms with Crippen LogP contribution in [0.1, 0.15) is 42.2 Å². The van der Waals surface area contributed by atoms with Gasteiger partial charge in [-0.2, -0.15) is 0 Å². The molecule has 0 spiro atoms. The molecule has 32 heavy (non-hydrogen) atoms. The fourth-order valence-electron chi connectivity index (χ4n) is 3.78. The Kier molecular flexibility index (Phi) is 6.41. The second kappa shape index (κ2) is 9.40. The van der Waals surface area contributed by atoms with E-state index in [1.165, 1.54) is 7.11 Å². The average Bonchev–Trinajstić information content (AvgIpc) is 3.60. The minimum absolute atomic E-state index is 0.0214. The number of fused-ring (bicyclic) bond motifs is 1. The number of carbonyl (C=O) groups is 2. The summed E-state index contributed by atoms with van der Waals surface area (Å²) in [6, 6.07) is 11.7. The first-order valence-corrected chi connectivity index (χ1v) is 10.8. The molecule has 2 aromatic heterocycles. The van der Waals surface area contributed by atoms with E-state index >= 15 is 0 Å². The van der Waals surface area contributed by atoms with E-state index in [2.05, 4.69) is 15.6 Å². The van der Waals surface area contributed by atoms with Crippen molar-refractivity contribution in [3.05, 3.63) is 53.9 Å². The summed E-state index contributed by atoms with van der Waals surface area (Å²) in [6.07, 6.45) is 3.99. The lowest BCUT2D eigenvalue weighted by Gasteiger charge is -2.14. The molecule has 1 atom stereocenters. The monoisotopic (exact) mass is 436 g/mol. The van der Waals surface area contributed by atoms with Gasteiger partial charge in [-0.25, -0.2) is 9.78 Å². The molecule has 168 valence electrons. The molecular weight excluding hydrogens is 408 g/mol. The summed E-state index contributed by atoms with van der Waals surface area (Å²) in [5.74, 6) is -0.652. The number of nitrogens with zero attached hydrogens (tertiary/aromatic N) is 2. The highest BCUT2D eigenvalue weighted by atomic mass is 16.5. The number of hydrogen-bond acceptors (Lipinski definition) is 6. The number of benzene rings is 1. The summed E-state index contributed by atoms with van der Waals surface area (Å²) in [5.41, 5.74) is 3.02. The normalized spacial score (nSPS) is 14.2. The van der Waals surface area contributed by atoms with Crippen molar-refractivity contribution in [3.63, 3.8) is 0 Å². The van der Waals surface area contributed by atoms with Crippen molar-refractivity contribution in [2.24, 2.45) is 5.92 Å². The van der Waals surface area contributed by atoms with Gasteiger partial charge < -0.3 is 25.0 Å². The number of rotatable bonds is 9. The summed E-state index contributed by atoms with van der Waals surface area (Å²) >= 11 is 0. The van der Waals surface area contributed by atoms with Gasteiger partial charge in [0.1, 0.15) is 5.65 Å². The van der Waals surface area contributed by atoms with Crippen molar-refractivity contribution in [2.45, 2.75) is 38.8 Å². The number of methoxy groups -OCH3 is 1. The summed E-state index contributed by atoms with van der Waals surface area (Å²) in [6.45, 7) is 2.45. The third kappa shape index (κ3) is 4.60. The van der Waals surface area contributed by atoms with E-state index in [1.54, 1.807) is 10.8 Å². The zero-order valence-electron chi connectivity index (χ0n) is 18.3. The Bertz CT molecular complexity index is 1120. The van der Waals surface area contributed by atoms with E-state index in [0.29, 0.717) is 29.7 Å². The fraction of sp³-hybridized carbons (Fsp3) is 0.375. The predicted molar refractivity (Wildman–Crippen MR) is 123 cm³/mol. The van der Waals surface area contributed by atoms with Crippen molar-refractivity contribution in [1.29, 1.82) is 0 Å². The van der Waals surface area contributed by atoms with Gasteiger partial charge in [-0.15, -0.1) is 0 Å². The zero-order chi connectivity index (χ0) is 22.7. The second-order valence-electron chi connectivity index (χ2n) is 8.20. The van der Waals surface area contributed by atoms with Gasteiger partial charge in [0.05, 0.1) is 24.7 Å². The Morgan fingerprint density at radius 2 is 2.03 bits per heavy atom. The van der Waals surface area contributed by atoms with Crippen LogP contribution in [0.15, 0.2) is 42.6 Å². The number of nitrogens with one attached hydrogen (secondary N) is 2. The SMILES string of the molecule is COC(=O)c1c(NC(=O)C2CC2)c2cc(N[C@H](C)CCO)cnc2n1Cc1ccccc1. The Hall–Kier alpha value is -3.39. The maximum Gasteiger partial charge on any atom is 0.356 e. The molecule has 1 saturated carbocycles. The van der Waals surface area contributed by atoms with E-state index in [0.717, 1.165) is 24.1 Å². The smallest absolute Gasteiger partial charge is 0.356 e. The van der Waals surface area contributed by atoms with Crippen LogP contribution in [0.3, 0.4) is 0 Å². The number of pyridine rings is 1. The predicted octanol–water partition coefficient (Wildman–Crippen LogP) is 3.40. The van der Waals surface area contributed by atoms with E-state index in [1.807, 2.05) is 43.3 Å². The number of aliphatic hydroxyl groups is 1. The summed E-state index contributed by atoms with van der Waals surface area (Å²) in [5, 5.41) is 16.1. The van der Waals surface area contributed by atoms with Crippen molar-refractivity contribution in [3.8, 4) is 0 Å². The highest BCUT2D eigenvalue weighted by Crippen LogP contribution is 2.36. The molecule has 8 nitrogen and oxygen atoms in total. The molecule has 1 aliphatic rings. The van der Waals surface area contributed by atoms with Crippen LogP contribution in [-0.2, 0) is 16.1 Å². The molecule has 8 heteroatoms. The lowest BCUT2D eigenvalue weighted by molar-refractivity contribution is -0.117. The Morgan fingerprint density at radius 3 is 2.69 bits per heavy atom. The van der Waals surface area contributed by atoms with Crippen LogP contribution in [0, 0.1) is 5.92 Å². The standard InChI is InChI=1S/C24H28N4O4/c1-15(10-11-29)26-18-12-19-20(27-23(30)17-8-9-17)21(24(31)32-2)28(22(19)25-13-18)14-16-6-4-3-5-7-16/h3-7,12-13,15,17,26,29H,8-11,14H2,1-2H3,(H,27,30)/t15-/m1/s1. The molecule has 1 aliphatic carbocycles. The van der Waals surface area contributed by atoms with Gasteiger partial charge in [-0.05, 0) is 37.8 Å². The van der Waals surface area contributed by atoms with Crippen LogP contribution in [0.5, 0.6) is 0 Å². The Morgan fingerprint density at radius 1 is 1.28 bits per heavy atom. The van der Waals surface area contributed by atoms with Crippen LogP contribution in [0.25, 0.3) is 11.0 Å². The molecular formula is C24H28N4O4. The molecule has 1 fully saturated rings. The van der Waals surface area contributed by atoms with Crippen LogP contribution in [0.2, 0.25) is 0 Å². The number of ether oxygens (including phenoxy) is 1. The highest BCUT2D eigenvalue weighted by Gasteiger charge is 2.33. The molecule has 0 radical (unpaired) electrons. The first-order chi connectivity index (χ1) is 15.5. The Labute approximate surface area is 186 Å². The minimum atomic E-state index is -0.534. The number of esters is 1. The van der Waals surface area contributed by atoms with Crippen LogP contribution < -0.4 is 10.6 Å². The quantitative estimate of drug-likeness (QED) is 0.444. The van der Waals surface area contributed by atoms with Gasteiger partial charge in [-0.3, -0.25) is 4.79 Å². The number of anilines is 2. The van der Waals surface area contributed by atoms with Gasteiger partial charge in [-0.1, -0.05) is 30.3 Å². The van der Waals surface area contributed by atoms with E-state index < -0.39 is 5.97 Å². The van der Waals surface area contributed by atoms with Crippen molar-refractivity contribution in [1.82, 2.24) is 9.55 Å². The number of carbonyl (C=O) groups excluding carboxylic acids is 2. The number of hydrogen-bond donors (Lipinski definition) is 3. The molecule has 3 aromatic rings. The topological polar surface area (TPSA) is 105 Å². The maximum absolute atomic E-state index is 12.9. The van der Waals surface area contributed by atoms with Crippen LogP contribution in [0.4, 0.5) is 11.4 Å². The first-order valence-electron chi connectivity index (χ1n) is 10.8. The van der Waals surface area contributed by atoms with Gasteiger partial charge in [0, 0.05) is 30.5 Å². The summed E-state index contributed by atoms with van der Waals surface area (Å²) < 4.78 is 6.88. The lowest BCUT2D eigenvalue weighted by Crippen LogP contribution is -2.18. The largest absolute Gasteiger partial charge is 0.464 e. The van der Waals surface area contributed by atoms with E-state index in [-0.39, 0.29) is 30.2 Å². The second-order valence-corrected chi connectivity index (χ2v) is 8.20.